The van der Waals surface area contributed by atoms with Crippen LogP contribution in [-0.4, -0.2) is 23.2 Å². The molecular weight excluding hydrogens is 168 g/mol. The first-order valence-electron chi connectivity index (χ1n) is 4.39. The van der Waals surface area contributed by atoms with Crippen molar-refractivity contribution < 1.29 is 9.47 Å². The van der Waals surface area contributed by atoms with Crippen molar-refractivity contribution in [3.05, 3.63) is 12.0 Å². The van der Waals surface area contributed by atoms with E-state index in [0.29, 0.717) is 30.8 Å². The molecule has 0 fully saturated rings. The Hall–Kier alpha value is -1.32. The lowest BCUT2D eigenvalue weighted by molar-refractivity contribution is 0.161. The highest BCUT2D eigenvalue weighted by molar-refractivity contribution is 5.39. The van der Waals surface area contributed by atoms with E-state index in [4.69, 9.17) is 9.47 Å². The highest BCUT2D eigenvalue weighted by Crippen LogP contribution is 2.33. The molecule has 0 aliphatic carbocycles. The normalized spacial score (nSPS) is 14.7. The molecule has 0 unspecified atom stereocenters. The molecule has 0 saturated carbocycles. The quantitative estimate of drug-likeness (QED) is 0.654. The minimum absolute atomic E-state index is 0.332. The first-order chi connectivity index (χ1) is 6.29. The molecule has 1 aromatic rings. The number of rotatable bonds is 1. The van der Waals surface area contributed by atoms with Crippen LogP contribution >= 0.6 is 0 Å². The summed E-state index contributed by atoms with van der Waals surface area (Å²) in [4.78, 5) is 8.18. The predicted octanol–water partition coefficient (Wildman–Crippen LogP) is 1.37. The molecule has 0 atom stereocenters. The number of ether oxygens (including phenoxy) is 2. The standard InChI is InChI=1S/C9H12N2O2/c1-6(2)7-8-9(11-5-10-7)13-4-3-12-8/h5-6H,3-4H2,1-2H3. The molecule has 4 heteroatoms. The summed E-state index contributed by atoms with van der Waals surface area (Å²) in [6, 6.07) is 0. The van der Waals surface area contributed by atoms with E-state index in [0.717, 1.165) is 5.69 Å². The molecule has 0 radical (unpaired) electrons. The Morgan fingerprint density at radius 3 is 2.77 bits per heavy atom. The summed E-state index contributed by atoms with van der Waals surface area (Å²) in [6.45, 7) is 5.29. The summed E-state index contributed by atoms with van der Waals surface area (Å²) in [6.07, 6.45) is 1.52. The van der Waals surface area contributed by atoms with Crippen LogP contribution < -0.4 is 9.47 Å². The lowest BCUT2D eigenvalue weighted by atomic mass is 10.1. The van der Waals surface area contributed by atoms with Crippen LogP contribution in [0.15, 0.2) is 6.33 Å². The van der Waals surface area contributed by atoms with E-state index in [9.17, 15) is 0 Å². The molecule has 13 heavy (non-hydrogen) atoms. The van der Waals surface area contributed by atoms with Crippen LogP contribution in [0.25, 0.3) is 0 Å². The Labute approximate surface area is 76.9 Å². The van der Waals surface area contributed by atoms with Crippen LogP contribution in [0.1, 0.15) is 25.5 Å². The van der Waals surface area contributed by atoms with E-state index in [1.165, 1.54) is 6.33 Å². The Kier molecular flexibility index (Phi) is 2.04. The summed E-state index contributed by atoms with van der Waals surface area (Å²) < 4.78 is 10.8. The highest BCUT2D eigenvalue weighted by Gasteiger charge is 2.19. The Balaban J connectivity index is 2.46. The summed E-state index contributed by atoms with van der Waals surface area (Å²) in [5.74, 6) is 1.62. The maximum atomic E-state index is 5.47. The lowest BCUT2D eigenvalue weighted by Crippen LogP contribution is -2.18. The van der Waals surface area contributed by atoms with Crippen LogP contribution in [0.4, 0.5) is 0 Å². The summed E-state index contributed by atoms with van der Waals surface area (Å²) in [7, 11) is 0. The van der Waals surface area contributed by atoms with Gasteiger partial charge in [0.15, 0.2) is 0 Å². The van der Waals surface area contributed by atoms with Crippen LogP contribution in [0.5, 0.6) is 11.6 Å². The zero-order valence-electron chi connectivity index (χ0n) is 7.78. The molecule has 2 rings (SSSR count). The predicted molar refractivity (Wildman–Crippen MR) is 47.1 cm³/mol. The van der Waals surface area contributed by atoms with Crippen molar-refractivity contribution in [3.8, 4) is 11.6 Å². The van der Waals surface area contributed by atoms with Gasteiger partial charge in [-0.3, -0.25) is 0 Å². The number of aromatic nitrogens is 2. The van der Waals surface area contributed by atoms with Gasteiger partial charge in [0.2, 0.25) is 5.75 Å². The molecule has 4 nitrogen and oxygen atoms in total. The fraction of sp³-hybridized carbons (Fsp3) is 0.556. The van der Waals surface area contributed by atoms with E-state index in [-0.39, 0.29) is 0 Å². The first kappa shape index (κ1) is 8.29. The van der Waals surface area contributed by atoms with Gasteiger partial charge in [-0.15, -0.1) is 0 Å². The lowest BCUT2D eigenvalue weighted by Gasteiger charge is -2.20. The van der Waals surface area contributed by atoms with Crippen molar-refractivity contribution in [2.24, 2.45) is 0 Å². The van der Waals surface area contributed by atoms with Crippen molar-refractivity contribution in [3.63, 3.8) is 0 Å². The van der Waals surface area contributed by atoms with Crippen LogP contribution in [-0.2, 0) is 0 Å². The average molecular weight is 180 g/mol. The van der Waals surface area contributed by atoms with E-state index in [1.54, 1.807) is 0 Å². The number of nitrogens with zero attached hydrogens (tertiary/aromatic N) is 2. The number of hydrogen-bond donors (Lipinski definition) is 0. The minimum Gasteiger partial charge on any atom is -0.483 e. The Morgan fingerprint density at radius 1 is 1.23 bits per heavy atom. The van der Waals surface area contributed by atoms with Crippen molar-refractivity contribution in [2.45, 2.75) is 19.8 Å². The van der Waals surface area contributed by atoms with Crippen molar-refractivity contribution in [2.75, 3.05) is 13.2 Å². The maximum absolute atomic E-state index is 5.47. The summed E-state index contributed by atoms with van der Waals surface area (Å²) >= 11 is 0. The topological polar surface area (TPSA) is 44.2 Å². The molecule has 1 aliphatic heterocycles. The Morgan fingerprint density at radius 2 is 2.00 bits per heavy atom. The number of hydrogen-bond acceptors (Lipinski definition) is 4. The van der Waals surface area contributed by atoms with Gasteiger partial charge in [0.05, 0.1) is 5.69 Å². The molecule has 0 N–H and O–H groups in total. The van der Waals surface area contributed by atoms with E-state index in [2.05, 4.69) is 23.8 Å². The van der Waals surface area contributed by atoms with Gasteiger partial charge in [0, 0.05) is 0 Å². The molecule has 1 aliphatic rings. The minimum atomic E-state index is 0.332. The van der Waals surface area contributed by atoms with Crippen molar-refractivity contribution >= 4 is 0 Å². The number of fused-ring (bicyclic) bond motifs is 1. The first-order valence-corrected chi connectivity index (χ1v) is 4.39. The molecule has 0 spiro atoms. The molecule has 0 amide bonds. The summed E-state index contributed by atoms with van der Waals surface area (Å²) in [5.41, 5.74) is 0.921. The maximum Gasteiger partial charge on any atom is 0.260 e. The molecule has 0 aromatic carbocycles. The third-order valence-electron chi connectivity index (χ3n) is 1.91. The molecule has 0 bridgehead atoms. The Bertz CT molecular complexity index is 312. The fourth-order valence-corrected chi connectivity index (χ4v) is 1.30. The van der Waals surface area contributed by atoms with Gasteiger partial charge in [-0.05, 0) is 5.92 Å². The second-order valence-corrected chi connectivity index (χ2v) is 3.24. The van der Waals surface area contributed by atoms with Crippen LogP contribution in [0.2, 0.25) is 0 Å². The van der Waals surface area contributed by atoms with Crippen molar-refractivity contribution in [1.29, 1.82) is 0 Å². The van der Waals surface area contributed by atoms with Gasteiger partial charge >= 0.3 is 0 Å². The van der Waals surface area contributed by atoms with E-state index >= 15 is 0 Å². The molecular formula is C9H12N2O2. The van der Waals surface area contributed by atoms with Gasteiger partial charge in [-0.25, -0.2) is 4.98 Å². The summed E-state index contributed by atoms with van der Waals surface area (Å²) in [5, 5.41) is 0. The largest absolute Gasteiger partial charge is 0.483 e. The average Bonchev–Trinajstić information content (AvgIpc) is 2.17. The highest BCUT2D eigenvalue weighted by atomic mass is 16.6. The zero-order chi connectivity index (χ0) is 9.26. The van der Waals surface area contributed by atoms with Gasteiger partial charge in [0.25, 0.3) is 5.88 Å². The third-order valence-corrected chi connectivity index (χ3v) is 1.91. The van der Waals surface area contributed by atoms with Crippen LogP contribution in [0, 0.1) is 0 Å². The molecule has 1 aromatic heterocycles. The van der Waals surface area contributed by atoms with Gasteiger partial charge < -0.3 is 9.47 Å². The third kappa shape index (κ3) is 1.43. The SMILES string of the molecule is CC(C)c1ncnc2c1OCCO2. The van der Waals surface area contributed by atoms with Gasteiger partial charge in [0.1, 0.15) is 19.5 Å². The zero-order valence-corrected chi connectivity index (χ0v) is 7.78. The van der Waals surface area contributed by atoms with Crippen LogP contribution in [0.3, 0.4) is 0 Å². The smallest absolute Gasteiger partial charge is 0.260 e. The van der Waals surface area contributed by atoms with E-state index in [1.807, 2.05) is 0 Å². The monoisotopic (exact) mass is 180 g/mol. The van der Waals surface area contributed by atoms with Gasteiger partial charge in [-0.1, -0.05) is 13.8 Å². The molecule has 0 saturated heterocycles. The van der Waals surface area contributed by atoms with Gasteiger partial charge in [-0.2, -0.15) is 4.98 Å². The van der Waals surface area contributed by atoms with Crippen molar-refractivity contribution in [1.82, 2.24) is 9.97 Å². The second-order valence-electron chi connectivity index (χ2n) is 3.24. The van der Waals surface area contributed by atoms with E-state index < -0.39 is 0 Å². The second kappa shape index (κ2) is 3.20. The molecule has 70 valence electrons. The fourth-order valence-electron chi connectivity index (χ4n) is 1.30. The molecule has 2 heterocycles.